The molecule has 7 nitrogen and oxygen atoms in total. The van der Waals surface area contributed by atoms with Gasteiger partial charge in [0.25, 0.3) is 0 Å². The highest BCUT2D eigenvalue weighted by Gasteiger charge is 2.29. The predicted molar refractivity (Wildman–Crippen MR) is 110 cm³/mol. The maximum Gasteiger partial charge on any atom is 0.411 e. The van der Waals surface area contributed by atoms with E-state index >= 15 is 0 Å². The van der Waals surface area contributed by atoms with E-state index in [9.17, 15) is 9.59 Å². The summed E-state index contributed by atoms with van der Waals surface area (Å²) in [5.74, 6) is -1.13. The number of hydrogen-bond acceptors (Lipinski definition) is 5. The summed E-state index contributed by atoms with van der Waals surface area (Å²) < 4.78 is 5.53. The molecule has 0 saturated heterocycles. The average molecular weight is 409 g/mol. The minimum absolute atomic E-state index is 0.0283. The minimum atomic E-state index is -0.956. The number of amides is 1. The van der Waals surface area contributed by atoms with Crippen LogP contribution in [0.1, 0.15) is 22.7 Å². The van der Waals surface area contributed by atoms with Gasteiger partial charge < -0.3 is 9.84 Å². The number of aromatic amines is 1. The van der Waals surface area contributed by atoms with Crippen molar-refractivity contribution in [1.82, 2.24) is 10.2 Å². The number of carbonyl (C=O) groups is 2. The molecular weight excluding hydrogens is 390 g/mol. The first kappa shape index (κ1) is 19.1. The molecule has 0 unspecified atom stereocenters. The Hall–Kier alpha value is -3.26. The van der Waals surface area contributed by atoms with Gasteiger partial charge in [-0.25, -0.2) is 4.79 Å². The number of H-pyrrole nitrogens is 1. The quantitative estimate of drug-likeness (QED) is 0.526. The molecule has 4 rings (SSSR count). The van der Waals surface area contributed by atoms with Crippen molar-refractivity contribution in [1.29, 1.82) is 0 Å². The highest BCUT2D eigenvalue weighted by molar-refractivity contribution is 8.00. The van der Waals surface area contributed by atoms with Gasteiger partial charge in [-0.05, 0) is 29.2 Å². The lowest BCUT2D eigenvalue weighted by Crippen LogP contribution is -2.18. The number of thioether (sulfide) groups is 1. The Morgan fingerprint density at radius 1 is 1.14 bits per heavy atom. The van der Waals surface area contributed by atoms with Crippen molar-refractivity contribution in [3.8, 4) is 11.1 Å². The van der Waals surface area contributed by atoms with E-state index in [2.05, 4.69) is 39.8 Å². The van der Waals surface area contributed by atoms with Crippen LogP contribution in [0.2, 0.25) is 0 Å². The first-order chi connectivity index (χ1) is 14.0. The average Bonchev–Trinajstić information content (AvgIpc) is 3.23. The number of hydrogen-bond donors (Lipinski definition) is 3. The first-order valence-corrected chi connectivity index (χ1v) is 10.0. The van der Waals surface area contributed by atoms with E-state index in [1.165, 1.54) is 0 Å². The first-order valence-electron chi connectivity index (χ1n) is 9.06. The molecule has 29 heavy (non-hydrogen) atoms. The smallest absolute Gasteiger partial charge is 0.411 e. The molecule has 1 amide bonds. The summed E-state index contributed by atoms with van der Waals surface area (Å²) in [5.41, 5.74) is 5.67. The molecule has 0 bridgehead atoms. The number of fused-ring (bicyclic) bond motifs is 3. The summed E-state index contributed by atoms with van der Waals surface area (Å²) in [4.78, 5) is 23.2. The van der Waals surface area contributed by atoms with Crippen molar-refractivity contribution >= 4 is 29.5 Å². The molecule has 3 N–H and O–H groups in total. The Morgan fingerprint density at radius 2 is 1.76 bits per heavy atom. The predicted octanol–water partition coefficient (Wildman–Crippen LogP) is 4.26. The molecule has 0 atom stereocenters. The fourth-order valence-electron chi connectivity index (χ4n) is 3.53. The fourth-order valence-corrected chi connectivity index (χ4v) is 4.24. The number of anilines is 1. The molecule has 148 valence electrons. The summed E-state index contributed by atoms with van der Waals surface area (Å²) in [5, 5.41) is 18.7. The number of carbonyl (C=O) groups excluding carboxylic acids is 1. The molecule has 2 aromatic carbocycles. The molecule has 0 spiro atoms. The number of aryl methyl sites for hydroxylation is 1. The third kappa shape index (κ3) is 3.84. The summed E-state index contributed by atoms with van der Waals surface area (Å²) in [7, 11) is 0. The standard InChI is InChI=1S/C21H19N3O4S/c1-12-19(20(24-23-12)29-11-18(25)26)22-21(27)28-10-17-15-8-4-2-6-13(15)14-7-3-5-9-16(14)17/h2-9,17H,10-11H2,1H3,(H,22,27)(H,23,24)(H,25,26). The van der Waals surface area contributed by atoms with E-state index in [0.717, 1.165) is 34.0 Å². The van der Waals surface area contributed by atoms with Gasteiger partial charge in [-0.15, -0.1) is 0 Å². The van der Waals surface area contributed by atoms with Gasteiger partial charge in [0.15, 0.2) is 0 Å². The summed E-state index contributed by atoms with van der Waals surface area (Å²) in [6, 6.07) is 16.2. The molecular formula is C21H19N3O4S. The molecule has 8 heteroatoms. The van der Waals surface area contributed by atoms with Crippen molar-refractivity contribution < 1.29 is 19.4 Å². The van der Waals surface area contributed by atoms with Crippen LogP contribution in [0, 0.1) is 6.92 Å². The van der Waals surface area contributed by atoms with Crippen molar-refractivity contribution in [2.24, 2.45) is 0 Å². The van der Waals surface area contributed by atoms with Crippen molar-refractivity contribution in [3.63, 3.8) is 0 Å². The molecule has 0 saturated carbocycles. The lowest BCUT2D eigenvalue weighted by atomic mass is 9.98. The van der Waals surface area contributed by atoms with Crippen LogP contribution in [0.25, 0.3) is 11.1 Å². The third-order valence-corrected chi connectivity index (χ3v) is 5.78. The zero-order valence-electron chi connectivity index (χ0n) is 15.6. The van der Waals surface area contributed by atoms with E-state index in [0.29, 0.717) is 16.4 Å². The molecule has 3 aromatic rings. The second-order valence-electron chi connectivity index (χ2n) is 6.66. The number of aromatic nitrogens is 2. The lowest BCUT2D eigenvalue weighted by molar-refractivity contribution is -0.133. The van der Waals surface area contributed by atoms with E-state index in [1.807, 2.05) is 24.3 Å². The second kappa shape index (κ2) is 8.00. The minimum Gasteiger partial charge on any atom is -0.481 e. The van der Waals surface area contributed by atoms with Crippen LogP contribution in [0.3, 0.4) is 0 Å². The Morgan fingerprint density at radius 3 is 2.38 bits per heavy atom. The maximum absolute atomic E-state index is 12.4. The highest BCUT2D eigenvalue weighted by atomic mass is 32.2. The van der Waals surface area contributed by atoms with Crippen LogP contribution in [0.15, 0.2) is 53.6 Å². The Bertz CT molecular complexity index is 1030. The molecule has 1 aliphatic rings. The van der Waals surface area contributed by atoms with Gasteiger partial charge in [0.2, 0.25) is 0 Å². The topological polar surface area (TPSA) is 104 Å². The van der Waals surface area contributed by atoms with Gasteiger partial charge in [0.05, 0.1) is 17.1 Å². The number of nitrogens with one attached hydrogen (secondary N) is 2. The number of nitrogens with zero attached hydrogens (tertiary/aromatic N) is 1. The molecule has 1 heterocycles. The summed E-state index contributed by atoms with van der Waals surface area (Å²) in [6.07, 6.45) is -0.603. The van der Waals surface area contributed by atoms with E-state index in [1.54, 1.807) is 6.92 Å². The van der Waals surface area contributed by atoms with Crippen LogP contribution < -0.4 is 5.32 Å². The lowest BCUT2D eigenvalue weighted by Gasteiger charge is -2.14. The van der Waals surface area contributed by atoms with Gasteiger partial charge in [0, 0.05) is 5.92 Å². The van der Waals surface area contributed by atoms with Gasteiger partial charge in [-0.2, -0.15) is 5.10 Å². The van der Waals surface area contributed by atoms with Gasteiger partial charge in [0.1, 0.15) is 11.6 Å². The molecule has 0 radical (unpaired) electrons. The summed E-state index contributed by atoms with van der Waals surface area (Å²) in [6.45, 7) is 1.95. The Balaban J connectivity index is 1.46. The van der Waals surface area contributed by atoms with Crippen molar-refractivity contribution in [2.75, 3.05) is 17.7 Å². The SMILES string of the molecule is Cc1[nH]nc(SCC(=O)O)c1NC(=O)OCC1c2ccccc2-c2ccccc21. The number of carboxylic acids is 1. The Labute approximate surface area is 171 Å². The van der Waals surface area contributed by atoms with Crippen LogP contribution in [-0.2, 0) is 9.53 Å². The number of ether oxygens (including phenoxy) is 1. The molecule has 0 aliphatic heterocycles. The van der Waals surface area contributed by atoms with Crippen LogP contribution in [0.4, 0.5) is 10.5 Å². The molecule has 0 fully saturated rings. The second-order valence-corrected chi connectivity index (χ2v) is 7.63. The molecule has 1 aromatic heterocycles. The summed E-state index contributed by atoms with van der Waals surface area (Å²) >= 11 is 1.03. The number of carboxylic acid groups (broad SMARTS) is 1. The van der Waals surface area contributed by atoms with E-state index in [4.69, 9.17) is 9.84 Å². The van der Waals surface area contributed by atoms with Crippen molar-refractivity contribution in [3.05, 3.63) is 65.4 Å². The monoisotopic (exact) mass is 409 g/mol. The third-order valence-electron chi connectivity index (χ3n) is 4.82. The van der Waals surface area contributed by atoms with Gasteiger partial charge >= 0.3 is 12.1 Å². The zero-order valence-corrected chi connectivity index (χ0v) is 16.5. The number of aliphatic carboxylic acids is 1. The molecule has 1 aliphatic carbocycles. The van der Waals surface area contributed by atoms with Crippen LogP contribution in [-0.4, -0.2) is 39.7 Å². The maximum atomic E-state index is 12.4. The van der Waals surface area contributed by atoms with Crippen LogP contribution in [0.5, 0.6) is 0 Å². The van der Waals surface area contributed by atoms with Gasteiger partial charge in [-0.1, -0.05) is 60.3 Å². The fraction of sp³-hybridized carbons (Fsp3) is 0.190. The van der Waals surface area contributed by atoms with Crippen molar-refractivity contribution in [2.45, 2.75) is 17.9 Å². The zero-order chi connectivity index (χ0) is 20.4. The van der Waals surface area contributed by atoms with Crippen LogP contribution >= 0.6 is 11.8 Å². The Kier molecular flexibility index (Phi) is 5.26. The van der Waals surface area contributed by atoms with E-state index < -0.39 is 12.1 Å². The van der Waals surface area contributed by atoms with Gasteiger partial charge in [-0.3, -0.25) is 15.2 Å². The highest BCUT2D eigenvalue weighted by Crippen LogP contribution is 2.44. The largest absolute Gasteiger partial charge is 0.481 e. The normalized spacial score (nSPS) is 12.3. The number of rotatable bonds is 6. The number of benzene rings is 2. The van der Waals surface area contributed by atoms with E-state index in [-0.39, 0.29) is 18.3 Å².